The highest BCUT2D eigenvalue weighted by Gasteiger charge is 2.33. The SMILES string of the molecule is Cc1ccc(C(=O)N2CCC[C@@H]2c2nc3ccccc3s2)c(=O)[nH]1. The third kappa shape index (κ3) is 2.53. The highest BCUT2D eigenvalue weighted by molar-refractivity contribution is 7.18. The van der Waals surface area contributed by atoms with Crippen molar-refractivity contribution in [2.45, 2.75) is 25.8 Å². The predicted molar refractivity (Wildman–Crippen MR) is 94.4 cm³/mol. The number of aryl methyl sites for hydroxylation is 1. The minimum Gasteiger partial charge on any atom is -0.329 e. The molecular formula is C18H17N3O2S. The van der Waals surface area contributed by atoms with Gasteiger partial charge in [-0.2, -0.15) is 0 Å². The molecule has 0 radical (unpaired) electrons. The maximum atomic E-state index is 12.9. The zero-order valence-electron chi connectivity index (χ0n) is 13.3. The molecule has 0 spiro atoms. The molecule has 1 atom stereocenters. The van der Waals surface area contributed by atoms with Crippen LogP contribution in [-0.2, 0) is 0 Å². The number of H-pyrrole nitrogens is 1. The van der Waals surface area contributed by atoms with Crippen LogP contribution in [0.2, 0.25) is 0 Å². The summed E-state index contributed by atoms with van der Waals surface area (Å²) in [4.78, 5) is 34.2. The first kappa shape index (κ1) is 15.1. The Morgan fingerprint density at radius 2 is 2.12 bits per heavy atom. The highest BCUT2D eigenvalue weighted by Crippen LogP contribution is 2.36. The summed E-state index contributed by atoms with van der Waals surface area (Å²) in [5.74, 6) is -0.210. The maximum absolute atomic E-state index is 12.9. The van der Waals surface area contributed by atoms with Crippen molar-refractivity contribution < 1.29 is 4.79 Å². The van der Waals surface area contributed by atoms with Gasteiger partial charge in [0.25, 0.3) is 11.5 Å². The Kier molecular flexibility index (Phi) is 3.69. The number of thiazole rings is 1. The van der Waals surface area contributed by atoms with Crippen LogP contribution in [0.1, 0.15) is 39.9 Å². The van der Waals surface area contributed by atoms with Crippen LogP contribution in [0.5, 0.6) is 0 Å². The number of likely N-dealkylation sites (tertiary alicyclic amines) is 1. The van der Waals surface area contributed by atoms with Crippen LogP contribution >= 0.6 is 11.3 Å². The van der Waals surface area contributed by atoms with E-state index in [9.17, 15) is 9.59 Å². The van der Waals surface area contributed by atoms with Gasteiger partial charge in [-0.25, -0.2) is 4.98 Å². The lowest BCUT2D eigenvalue weighted by atomic mass is 10.2. The van der Waals surface area contributed by atoms with Crippen molar-refractivity contribution in [3.05, 3.63) is 63.0 Å². The smallest absolute Gasteiger partial charge is 0.260 e. The first-order valence-corrected chi connectivity index (χ1v) is 8.81. The fraction of sp³-hybridized carbons (Fsp3) is 0.278. The molecular weight excluding hydrogens is 322 g/mol. The fourth-order valence-electron chi connectivity index (χ4n) is 3.19. The van der Waals surface area contributed by atoms with Gasteiger partial charge in [0.1, 0.15) is 10.6 Å². The summed E-state index contributed by atoms with van der Waals surface area (Å²) < 4.78 is 1.12. The summed E-state index contributed by atoms with van der Waals surface area (Å²) in [6, 6.07) is 11.3. The van der Waals surface area contributed by atoms with Crippen LogP contribution in [0.3, 0.4) is 0 Å². The monoisotopic (exact) mass is 339 g/mol. The second-order valence-electron chi connectivity index (χ2n) is 6.06. The van der Waals surface area contributed by atoms with Gasteiger partial charge >= 0.3 is 0 Å². The molecule has 0 bridgehead atoms. The normalized spacial score (nSPS) is 17.5. The van der Waals surface area contributed by atoms with Gasteiger partial charge in [0.05, 0.1) is 16.3 Å². The van der Waals surface area contributed by atoms with Gasteiger partial charge in [0.15, 0.2) is 0 Å². The molecule has 1 amide bonds. The minimum atomic E-state index is -0.324. The van der Waals surface area contributed by atoms with Gasteiger partial charge in [0, 0.05) is 12.2 Å². The van der Waals surface area contributed by atoms with E-state index in [1.54, 1.807) is 35.3 Å². The molecule has 1 fully saturated rings. The van der Waals surface area contributed by atoms with E-state index in [2.05, 4.69) is 4.98 Å². The van der Waals surface area contributed by atoms with Crippen molar-refractivity contribution in [2.75, 3.05) is 6.54 Å². The molecule has 1 aliphatic rings. The van der Waals surface area contributed by atoms with Gasteiger partial charge in [-0.1, -0.05) is 12.1 Å². The Bertz CT molecular complexity index is 943. The van der Waals surface area contributed by atoms with E-state index in [1.807, 2.05) is 24.3 Å². The first-order chi connectivity index (χ1) is 11.6. The van der Waals surface area contributed by atoms with Crippen molar-refractivity contribution in [3.8, 4) is 0 Å². The summed E-state index contributed by atoms with van der Waals surface area (Å²) in [5.41, 5.74) is 1.59. The van der Waals surface area contributed by atoms with Crippen LogP contribution in [0.15, 0.2) is 41.2 Å². The molecule has 122 valence electrons. The van der Waals surface area contributed by atoms with Crippen molar-refractivity contribution in [1.82, 2.24) is 14.9 Å². The van der Waals surface area contributed by atoms with Gasteiger partial charge in [0.2, 0.25) is 0 Å². The molecule has 4 rings (SSSR count). The molecule has 0 unspecified atom stereocenters. The van der Waals surface area contributed by atoms with Crippen LogP contribution in [0, 0.1) is 6.92 Å². The Morgan fingerprint density at radius 1 is 1.29 bits per heavy atom. The summed E-state index contributed by atoms with van der Waals surface area (Å²) in [6.07, 6.45) is 1.81. The molecule has 1 saturated heterocycles. The fourth-order valence-corrected chi connectivity index (χ4v) is 4.31. The number of aromatic nitrogens is 2. The van der Waals surface area contributed by atoms with Gasteiger partial charge in [-0.3, -0.25) is 9.59 Å². The Morgan fingerprint density at radius 3 is 2.92 bits per heavy atom. The second kappa shape index (κ2) is 5.87. The topological polar surface area (TPSA) is 66.1 Å². The van der Waals surface area contributed by atoms with E-state index in [-0.39, 0.29) is 23.1 Å². The van der Waals surface area contributed by atoms with E-state index < -0.39 is 0 Å². The standard InChI is InChI=1S/C18H17N3O2S/c1-11-8-9-12(16(22)19-11)18(23)21-10-4-6-14(21)17-20-13-5-2-3-7-15(13)24-17/h2-3,5,7-9,14H,4,6,10H2,1H3,(H,19,22)/t14-/m1/s1. The second-order valence-corrected chi connectivity index (χ2v) is 7.12. The van der Waals surface area contributed by atoms with Gasteiger partial charge < -0.3 is 9.88 Å². The van der Waals surface area contributed by atoms with E-state index in [4.69, 9.17) is 4.98 Å². The molecule has 3 heterocycles. The number of benzene rings is 1. The van der Waals surface area contributed by atoms with Crippen molar-refractivity contribution >= 4 is 27.5 Å². The van der Waals surface area contributed by atoms with Crippen molar-refractivity contribution in [2.24, 2.45) is 0 Å². The Labute approximate surface area is 143 Å². The average molecular weight is 339 g/mol. The number of carbonyl (C=O) groups is 1. The number of nitrogens with zero attached hydrogens (tertiary/aromatic N) is 2. The third-order valence-electron chi connectivity index (χ3n) is 4.39. The van der Waals surface area contributed by atoms with Crippen LogP contribution in [0.25, 0.3) is 10.2 Å². The number of para-hydroxylation sites is 1. The first-order valence-electron chi connectivity index (χ1n) is 8.00. The summed E-state index contributed by atoms with van der Waals surface area (Å²) in [7, 11) is 0. The molecule has 0 saturated carbocycles. The van der Waals surface area contributed by atoms with Crippen LogP contribution < -0.4 is 5.56 Å². The molecule has 1 N–H and O–H groups in total. The van der Waals surface area contributed by atoms with E-state index >= 15 is 0 Å². The van der Waals surface area contributed by atoms with Crippen LogP contribution in [0.4, 0.5) is 0 Å². The van der Waals surface area contributed by atoms with Gasteiger partial charge in [-0.05, 0) is 44.0 Å². The third-order valence-corrected chi connectivity index (χ3v) is 5.53. The molecule has 5 nitrogen and oxygen atoms in total. The number of aromatic amines is 1. The molecule has 1 aliphatic heterocycles. The number of fused-ring (bicyclic) bond motifs is 1. The molecule has 0 aliphatic carbocycles. The van der Waals surface area contributed by atoms with E-state index in [0.717, 1.165) is 33.8 Å². The van der Waals surface area contributed by atoms with Gasteiger partial charge in [-0.15, -0.1) is 11.3 Å². The molecule has 1 aromatic carbocycles. The predicted octanol–water partition coefficient (Wildman–Crippen LogP) is 3.27. The number of pyridine rings is 1. The number of rotatable bonds is 2. The van der Waals surface area contributed by atoms with Crippen LogP contribution in [-0.4, -0.2) is 27.3 Å². The quantitative estimate of drug-likeness (QED) is 0.779. The van der Waals surface area contributed by atoms with E-state index in [0.29, 0.717) is 6.54 Å². The number of nitrogens with one attached hydrogen (secondary N) is 1. The summed E-state index contributed by atoms with van der Waals surface area (Å²) in [6.45, 7) is 2.46. The molecule has 6 heteroatoms. The molecule has 2 aromatic heterocycles. The van der Waals surface area contributed by atoms with E-state index in [1.165, 1.54) is 0 Å². The number of hydrogen-bond acceptors (Lipinski definition) is 4. The average Bonchev–Trinajstić information content (AvgIpc) is 3.20. The molecule has 24 heavy (non-hydrogen) atoms. The Hall–Kier alpha value is -2.47. The van der Waals surface area contributed by atoms with Crippen molar-refractivity contribution in [1.29, 1.82) is 0 Å². The number of hydrogen-bond donors (Lipinski definition) is 1. The summed E-state index contributed by atoms with van der Waals surface area (Å²) >= 11 is 1.63. The lowest BCUT2D eigenvalue weighted by molar-refractivity contribution is 0.0733. The highest BCUT2D eigenvalue weighted by atomic mass is 32.1. The number of carbonyl (C=O) groups excluding carboxylic acids is 1. The largest absolute Gasteiger partial charge is 0.329 e. The van der Waals surface area contributed by atoms with Crippen molar-refractivity contribution in [3.63, 3.8) is 0 Å². The lowest BCUT2D eigenvalue weighted by Gasteiger charge is -2.22. The Balaban J connectivity index is 1.69. The minimum absolute atomic E-state index is 0.0457. The zero-order chi connectivity index (χ0) is 16.7. The summed E-state index contributed by atoms with van der Waals surface area (Å²) in [5, 5.41) is 0.950. The number of amides is 1. The molecule has 3 aromatic rings. The maximum Gasteiger partial charge on any atom is 0.260 e. The zero-order valence-corrected chi connectivity index (χ0v) is 14.1. The lowest BCUT2D eigenvalue weighted by Crippen LogP contribution is -2.34.